The first kappa shape index (κ1) is 23.4. The molecule has 1 aromatic carbocycles. The van der Waals surface area contributed by atoms with Gasteiger partial charge in [-0.2, -0.15) is 0 Å². The number of nitrogens with one attached hydrogen (secondary N) is 5. The second kappa shape index (κ2) is 10.9. The van der Waals surface area contributed by atoms with E-state index in [1.807, 2.05) is 24.3 Å². The summed E-state index contributed by atoms with van der Waals surface area (Å²) in [7, 11) is 1.64. The minimum absolute atomic E-state index is 0.111. The lowest BCUT2D eigenvalue weighted by atomic mass is 9.77. The number of carbonyl (C=O) groups is 2. The molecule has 174 valence electrons. The summed E-state index contributed by atoms with van der Waals surface area (Å²) in [6.07, 6.45) is 5.76. The van der Waals surface area contributed by atoms with Gasteiger partial charge in [-0.15, -0.1) is 0 Å². The van der Waals surface area contributed by atoms with Gasteiger partial charge >= 0.3 is 12.1 Å². The Hall–Kier alpha value is -3.27. The number of aliphatic hydroxyl groups excluding tert-OH is 1. The van der Waals surface area contributed by atoms with Crippen molar-refractivity contribution in [2.24, 2.45) is 0 Å². The number of ether oxygens (including phenoxy) is 1. The number of carbonyl (C=O) groups excluding carboxylic acids is 2. The molecular weight excluding hydrogens is 412 g/mol. The minimum Gasteiger partial charge on any atom is -0.497 e. The Kier molecular flexibility index (Phi) is 7.93. The first-order valence-electron chi connectivity index (χ1n) is 10.9. The molecule has 3 rings (SSSR count). The Bertz CT molecular complexity index is 928. The molecule has 1 atom stereocenters. The second-order valence-corrected chi connectivity index (χ2v) is 8.19. The van der Waals surface area contributed by atoms with E-state index in [0.29, 0.717) is 6.54 Å². The third-order valence-electron chi connectivity index (χ3n) is 5.70. The van der Waals surface area contributed by atoms with Crippen molar-refractivity contribution in [2.75, 3.05) is 25.6 Å². The van der Waals surface area contributed by atoms with Crippen LogP contribution in [0.2, 0.25) is 0 Å². The van der Waals surface area contributed by atoms with Gasteiger partial charge < -0.3 is 25.8 Å². The summed E-state index contributed by atoms with van der Waals surface area (Å²) in [5, 5.41) is 19.2. The molecule has 1 fully saturated rings. The first-order valence-corrected chi connectivity index (χ1v) is 10.9. The summed E-state index contributed by atoms with van der Waals surface area (Å²) in [4.78, 5) is 28.2. The highest BCUT2D eigenvalue weighted by atomic mass is 16.5. The second-order valence-electron chi connectivity index (χ2n) is 8.19. The van der Waals surface area contributed by atoms with Gasteiger partial charge in [0.25, 0.3) is 0 Å². The van der Waals surface area contributed by atoms with Crippen LogP contribution in [0.5, 0.6) is 5.75 Å². The largest absolute Gasteiger partial charge is 0.497 e. The number of hydrogen-bond acceptors (Lipinski definition) is 6. The van der Waals surface area contributed by atoms with Gasteiger partial charge in [0.15, 0.2) is 0 Å². The SMILES string of the molecule is COc1cc(NC(C)CCCNC(=O)NNC(=O)NC2(CO)CCC2)c2ncccc2c1. The van der Waals surface area contributed by atoms with Crippen LogP contribution in [0.3, 0.4) is 0 Å². The zero-order valence-electron chi connectivity index (χ0n) is 18.5. The monoisotopic (exact) mass is 444 g/mol. The Balaban J connectivity index is 1.36. The van der Waals surface area contributed by atoms with Crippen LogP contribution in [-0.2, 0) is 0 Å². The Morgan fingerprint density at radius 1 is 1.25 bits per heavy atom. The molecule has 0 saturated heterocycles. The number of pyridine rings is 1. The topological polar surface area (TPSA) is 137 Å². The number of rotatable bonds is 9. The summed E-state index contributed by atoms with van der Waals surface area (Å²) in [6.45, 7) is 2.41. The van der Waals surface area contributed by atoms with E-state index < -0.39 is 17.6 Å². The molecule has 1 aliphatic rings. The van der Waals surface area contributed by atoms with Crippen LogP contribution in [0.4, 0.5) is 15.3 Å². The Morgan fingerprint density at radius 2 is 2.03 bits per heavy atom. The van der Waals surface area contributed by atoms with Crippen LogP contribution >= 0.6 is 0 Å². The minimum atomic E-state index is -0.561. The molecular formula is C22H32N6O4. The number of aliphatic hydroxyl groups is 1. The molecule has 6 N–H and O–H groups in total. The quantitative estimate of drug-likeness (QED) is 0.259. The van der Waals surface area contributed by atoms with Crippen LogP contribution in [0.15, 0.2) is 30.5 Å². The van der Waals surface area contributed by atoms with Gasteiger partial charge in [0, 0.05) is 30.2 Å². The maximum Gasteiger partial charge on any atom is 0.334 e. The highest BCUT2D eigenvalue weighted by Gasteiger charge is 2.37. The van der Waals surface area contributed by atoms with E-state index in [9.17, 15) is 14.7 Å². The van der Waals surface area contributed by atoms with Crippen LogP contribution in [0, 0.1) is 0 Å². The Labute approximate surface area is 187 Å². The third kappa shape index (κ3) is 6.13. The van der Waals surface area contributed by atoms with Crippen LogP contribution < -0.4 is 31.5 Å². The first-order chi connectivity index (χ1) is 15.4. The summed E-state index contributed by atoms with van der Waals surface area (Å²) in [6, 6.07) is 6.89. The van der Waals surface area contributed by atoms with E-state index in [-0.39, 0.29) is 12.6 Å². The van der Waals surface area contributed by atoms with Crippen molar-refractivity contribution in [3.05, 3.63) is 30.5 Å². The van der Waals surface area contributed by atoms with Gasteiger partial charge in [0.05, 0.1) is 30.5 Å². The van der Waals surface area contributed by atoms with Crippen molar-refractivity contribution in [1.29, 1.82) is 0 Å². The number of methoxy groups -OCH3 is 1. The Morgan fingerprint density at radius 3 is 2.72 bits per heavy atom. The zero-order chi connectivity index (χ0) is 23.0. The molecule has 1 aliphatic carbocycles. The smallest absolute Gasteiger partial charge is 0.334 e. The summed E-state index contributed by atoms with van der Waals surface area (Å²) < 4.78 is 5.38. The van der Waals surface area contributed by atoms with Crippen molar-refractivity contribution in [3.63, 3.8) is 0 Å². The lowest BCUT2D eigenvalue weighted by Gasteiger charge is -2.40. The van der Waals surface area contributed by atoms with Crippen molar-refractivity contribution < 1.29 is 19.4 Å². The summed E-state index contributed by atoms with van der Waals surface area (Å²) >= 11 is 0. The molecule has 32 heavy (non-hydrogen) atoms. The molecule has 0 aliphatic heterocycles. The standard InChI is InChI=1S/C22H32N6O4/c1-15(25-18-13-17(32-2)12-16-7-4-10-23-19(16)18)6-3-11-24-20(30)27-28-21(31)26-22(14-29)8-5-9-22/h4,7,10,12-13,15,25,29H,3,5-6,8-9,11,14H2,1-2H3,(H2,24,27,30)(H2,26,28,31). The van der Waals surface area contributed by atoms with E-state index in [0.717, 1.165) is 54.4 Å². The number of hydrazine groups is 1. The number of aromatic nitrogens is 1. The maximum atomic E-state index is 11.9. The van der Waals surface area contributed by atoms with Gasteiger partial charge in [-0.05, 0) is 51.2 Å². The third-order valence-corrected chi connectivity index (χ3v) is 5.70. The van der Waals surface area contributed by atoms with E-state index >= 15 is 0 Å². The maximum absolute atomic E-state index is 11.9. The molecule has 10 nitrogen and oxygen atoms in total. The van der Waals surface area contributed by atoms with Crippen molar-refractivity contribution in [3.8, 4) is 5.75 Å². The molecule has 4 amide bonds. The average molecular weight is 445 g/mol. The predicted molar refractivity (Wildman–Crippen MR) is 122 cm³/mol. The van der Waals surface area contributed by atoms with E-state index in [1.165, 1.54) is 0 Å². The highest BCUT2D eigenvalue weighted by molar-refractivity contribution is 5.92. The summed E-state index contributed by atoms with van der Waals surface area (Å²) in [5.74, 6) is 0.761. The molecule has 1 heterocycles. The van der Waals surface area contributed by atoms with E-state index in [2.05, 4.69) is 38.7 Å². The average Bonchev–Trinajstić information content (AvgIpc) is 2.77. The van der Waals surface area contributed by atoms with Gasteiger partial charge in [-0.1, -0.05) is 6.07 Å². The van der Waals surface area contributed by atoms with Gasteiger partial charge in [-0.3, -0.25) is 4.98 Å². The van der Waals surface area contributed by atoms with Crippen molar-refractivity contribution >= 4 is 28.7 Å². The van der Waals surface area contributed by atoms with E-state index in [1.54, 1.807) is 13.3 Å². The van der Waals surface area contributed by atoms with Crippen LogP contribution in [0.1, 0.15) is 39.0 Å². The lowest BCUT2D eigenvalue weighted by Crippen LogP contribution is -2.61. The molecule has 1 saturated carbocycles. The van der Waals surface area contributed by atoms with Gasteiger partial charge in [0.2, 0.25) is 0 Å². The van der Waals surface area contributed by atoms with Gasteiger partial charge in [-0.25, -0.2) is 20.4 Å². The normalized spacial score (nSPS) is 15.2. The van der Waals surface area contributed by atoms with Gasteiger partial charge in [0.1, 0.15) is 5.75 Å². The molecule has 1 unspecified atom stereocenters. The fraction of sp³-hybridized carbons (Fsp3) is 0.500. The predicted octanol–water partition coefficient (Wildman–Crippen LogP) is 2.25. The number of benzene rings is 1. The fourth-order valence-electron chi connectivity index (χ4n) is 3.70. The fourth-order valence-corrected chi connectivity index (χ4v) is 3.70. The van der Waals surface area contributed by atoms with Crippen LogP contribution in [0.25, 0.3) is 10.9 Å². The van der Waals surface area contributed by atoms with Crippen molar-refractivity contribution in [1.82, 2.24) is 26.5 Å². The zero-order valence-corrected chi connectivity index (χ0v) is 18.5. The van der Waals surface area contributed by atoms with E-state index in [4.69, 9.17) is 4.74 Å². The molecule has 0 spiro atoms. The lowest BCUT2D eigenvalue weighted by molar-refractivity contribution is 0.0952. The number of hydrogen-bond donors (Lipinski definition) is 6. The highest BCUT2D eigenvalue weighted by Crippen LogP contribution is 2.31. The number of anilines is 1. The number of nitrogens with zero attached hydrogens (tertiary/aromatic N) is 1. The number of amides is 4. The molecule has 10 heteroatoms. The molecule has 2 aromatic rings. The number of fused-ring (bicyclic) bond motifs is 1. The number of urea groups is 2. The molecule has 0 radical (unpaired) electrons. The van der Waals surface area contributed by atoms with Crippen LogP contribution in [-0.4, -0.2) is 54.0 Å². The molecule has 0 bridgehead atoms. The van der Waals surface area contributed by atoms with Crippen molar-refractivity contribution in [2.45, 2.75) is 50.6 Å². The summed E-state index contributed by atoms with van der Waals surface area (Å²) in [5.41, 5.74) is 5.83. The molecule has 1 aromatic heterocycles.